The van der Waals surface area contributed by atoms with Gasteiger partial charge in [-0.25, -0.2) is 0 Å². The molecule has 0 aliphatic carbocycles. The van der Waals surface area contributed by atoms with E-state index >= 15 is 0 Å². The third-order valence-electron chi connectivity index (χ3n) is 5.62. The molecule has 1 nitrogen and oxygen atoms in total. The van der Waals surface area contributed by atoms with E-state index in [0.29, 0.717) is 0 Å². The highest BCUT2D eigenvalue weighted by Crippen LogP contribution is 2.31. The van der Waals surface area contributed by atoms with Crippen LogP contribution in [0.4, 0.5) is 0 Å². The zero-order valence-electron chi connectivity index (χ0n) is 28.1. The fourth-order valence-corrected chi connectivity index (χ4v) is 4.14. The van der Waals surface area contributed by atoms with Crippen LogP contribution in [0.2, 0.25) is 0 Å². The van der Waals surface area contributed by atoms with Crippen LogP contribution in [0.5, 0.6) is 0 Å². The molecule has 0 saturated heterocycles. The maximum atomic E-state index is 4.64. The fourth-order valence-electron chi connectivity index (χ4n) is 3.36. The Morgan fingerprint density at radius 3 is 1.59 bits per heavy atom. The van der Waals surface area contributed by atoms with Gasteiger partial charge in [0.2, 0.25) is 0 Å². The van der Waals surface area contributed by atoms with Crippen molar-refractivity contribution in [2.24, 2.45) is 4.99 Å². The van der Waals surface area contributed by atoms with Crippen molar-refractivity contribution in [3.8, 4) is 0 Å². The lowest BCUT2D eigenvalue weighted by Gasteiger charge is -2.06. The second kappa shape index (κ2) is 28.8. The number of hydrogen-bond donors (Lipinski definition) is 0. The van der Waals surface area contributed by atoms with Gasteiger partial charge in [-0.05, 0) is 62.8 Å². The van der Waals surface area contributed by atoms with Crippen molar-refractivity contribution in [2.75, 3.05) is 13.3 Å². The number of benzene rings is 3. The minimum absolute atomic E-state index is 0.0995. The van der Waals surface area contributed by atoms with Crippen LogP contribution < -0.4 is 0 Å². The monoisotopic (exact) mass is 573 g/mol. The Bertz CT molecular complexity index is 1030. The first kappa shape index (κ1) is 40.4. The summed E-state index contributed by atoms with van der Waals surface area (Å²) in [4.78, 5) is 4.64. The lowest BCUT2D eigenvalue weighted by Crippen LogP contribution is -1.89. The minimum atomic E-state index is -0.0995. The summed E-state index contributed by atoms with van der Waals surface area (Å²) in [6, 6.07) is 27.7. The molecule has 0 aliphatic rings. The first-order valence-electron chi connectivity index (χ1n) is 15.4. The molecule has 41 heavy (non-hydrogen) atoms. The number of aliphatic imine (C=N–C) groups is 1. The van der Waals surface area contributed by atoms with E-state index in [1.165, 1.54) is 59.1 Å². The highest BCUT2D eigenvalue weighted by Gasteiger charge is 2.00. The maximum Gasteiger partial charge on any atom is 0.0639 e. The first-order chi connectivity index (χ1) is 19.8. The quantitative estimate of drug-likeness (QED) is 0.104. The van der Waals surface area contributed by atoms with Crippen LogP contribution in [0.1, 0.15) is 95.0 Å². The number of nitrogens with zero attached hydrogens (tertiary/aromatic N) is 1. The molecular formula is C39H60NP. The van der Waals surface area contributed by atoms with E-state index < -0.39 is 0 Å². The van der Waals surface area contributed by atoms with Gasteiger partial charge in [-0.3, -0.25) is 4.99 Å². The summed E-state index contributed by atoms with van der Waals surface area (Å²) in [6.45, 7) is 25.4. The van der Waals surface area contributed by atoms with E-state index in [0.717, 1.165) is 13.0 Å². The standard InChI is InChI=1S/C20H24NP.C8H10.C6H14.C3H6.C2H6/c1-16-5-9-18(10-6-16)13-21-14-20(15-22(3)4)19-11-7-17(2)8-12-19;1-2-8-6-4-3-5-7-8;1-3-5-6-4-2;1-3-2;1-2/h5-12,14-15H,13H2,1-4H3;3-7H,2H2,1H3;3-6H2,1-2H3;3H,1H2,2H3;1-2H3/b20-15+,21-14?;;;;. The lowest BCUT2D eigenvalue weighted by atomic mass is 10.1. The summed E-state index contributed by atoms with van der Waals surface area (Å²) >= 11 is 0. The zero-order chi connectivity index (χ0) is 31.3. The number of rotatable bonds is 9. The van der Waals surface area contributed by atoms with Crippen LogP contribution in [0, 0.1) is 13.8 Å². The molecule has 2 heteroatoms. The molecule has 226 valence electrons. The first-order valence-corrected chi connectivity index (χ1v) is 17.7. The Hall–Kier alpha value is -2.76. The molecule has 3 aromatic rings. The van der Waals surface area contributed by atoms with Crippen molar-refractivity contribution in [1.29, 1.82) is 0 Å². The van der Waals surface area contributed by atoms with E-state index in [9.17, 15) is 0 Å². The molecule has 0 aliphatic heterocycles. The number of aryl methyl sites for hydroxylation is 3. The van der Waals surface area contributed by atoms with Gasteiger partial charge < -0.3 is 0 Å². The predicted octanol–water partition coefficient (Wildman–Crippen LogP) is 12.7. The summed E-state index contributed by atoms with van der Waals surface area (Å²) in [5.41, 5.74) is 7.70. The molecule has 0 spiro atoms. The molecule has 0 atom stereocenters. The predicted molar refractivity (Wildman–Crippen MR) is 194 cm³/mol. The molecule has 0 amide bonds. The van der Waals surface area contributed by atoms with Crippen molar-refractivity contribution in [1.82, 2.24) is 0 Å². The topological polar surface area (TPSA) is 12.4 Å². The van der Waals surface area contributed by atoms with Gasteiger partial charge in [-0.2, -0.15) is 0 Å². The maximum absolute atomic E-state index is 4.64. The van der Waals surface area contributed by atoms with Gasteiger partial charge in [0.1, 0.15) is 0 Å². The van der Waals surface area contributed by atoms with Crippen LogP contribution in [0.25, 0.3) is 5.57 Å². The molecule has 0 aromatic heterocycles. The van der Waals surface area contributed by atoms with Gasteiger partial charge in [0.15, 0.2) is 0 Å². The van der Waals surface area contributed by atoms with Crippen molar-refractivity contribution in [2.45, 2.75) is 94.0 Å². The Labute approximate surface area is 256 Å². The Balaban J connectivity index is 0. The largest absolute Gasteiger partial charge is 0.288 e. The third-order valence-corrected chi connectivity index (χ3v) is 6.41. The zero-order valence-corrected chi connectivity index (χ0v) is 29.0. The average molecular weight is 574 g/mol. The second-order valence-corrected chi connectivity index (χ2v) is 12.0. The summed E-state index contributed by atoms with van der Waals surface area (Å²) in [7, 11) is -0.0995. The molecule has 0 saturated carbocycles. The van der Waals surface area contributed by atoms with E-state index in [1.807, 2.05) is 33.1 Å². The molecular weight excluding hydrogens is 513 g/mol. The number of hydrogen-bond acceptors (Lipinski definition) is 1. The highest BCUT2D eigenvalue weighted by molar-refractivity contribution is 7.59. The van der Waals surface area contributed by atoms with Gasteiger partial charge in [0, 0.05) is 6.21 Å². The van der Waals surface area contributed by atoms with Crippen molar-refractivity contribution >= 4 is 19.7 Å². The van der Waals surface area contributed by atoms with Crippen molar-refractivity contribution in [3.63, 3.8) is 0 Å². The average Bonchev–Trinajstić information content (AvgIpc) is 2.99. The summed E-state index contributed by atoms with van der Waals surface area (Å²) in [5.74, 6) is 2.33. The molecule has 0 unspecified atom stereocenters. The molecule has 3 rings (SSSR count). The Morgan fingerprint density at radius 2 is 1.20 bits per heavy atom. The van der Waals surface area contributed by atoms with Crippen LogP contribution >= 0.6 is 7.92 Å². The van der Waals surface area contributed by atoms with Gasteiger partial charge in [0.05, 0.1) is 6.54 Å². The Kier molecular flexibility index (Phi) is 28.3. The van der Waals surface area contributed by atoms with Crippen LogP contribution in [0.15, 0.2) is 102 Å². The highest BCUT2D eigenvalue weighted by atomic mass is 31.1. The SMILES string of the molecule is C=CC.CC.CCCCCC.CCc1ccccc1.Cc1ccc(CN=C/C(=C\P(C)C)c2ccc(C)cc2)cc1. The minimum Gasteiger partial charge on any atom is -0.288 e. The second-order valence-electron chi connectivity index (χ2n) is 9.82. The van der Waals surface area contributed by atoms with Crippen LogP contribution in [-0.4, -0.2) is 19.5 Å². The van der Waals surface area contributed by atoms with E-state index in [4.69, 9.17) is 0 Å². The van der Waals surface area contributed by atoms with E-state index in [2.05, 4.69) is 138 Å². The van der Waals surface area contributed by atoms with Gasteiger partial charge in [-0.1, -0.05) is 170 Å². The fraction of sp³-hybridized carbons (Fsp3) is 0.410. The van der Waals surface area contributed by atoms with Crippen LogP contribution in [-0.2, 0) is 13.0 Å². The number of allylic oxidation sites excluding steroid dienone is 2. The lowest BCUT2D eigenvalue weighted by molar-refractivity contribution is 0.702. The normalized spacial score (nSPS) is 10.2. The molecule has 0 heterocycles. The molecule has 0 fully saturated rings. The number of unbranched alkanes of at least 4 members (excludes halogenated alkanes) is 3. The molecule has 3 aromatic carbocycles. The molecule has 0 N–H and O–H groups in total. The van der Waals surface area contributed by atoms with Gasteiger partial charge in [0.25, 0.3) is 0 Å². The third kappa shape index (κ3) is 23.6. The van der Waals surface area contributed by atoms with E-state index in [-0.39, 0.29) is 7.92 Å². The summed E-state index contributed by atoms with van der Waals surface area (Å²) < 4.78 is 0. The van der Waals surface area contributed by atoms with Crippen LogP contribution in [0.3, 0.4) is 0 Å². The summed E-state index contributed by atoms with van der Waals surface area (Å²) in [6.07, 6.45) is 10.4. The Morgan fingerprint density at radius 1 is 0.732 bits per heavy atom. The van der Waals surface area contributed by atoms with E-state index in [1.54, 1.807) is 6.08 Å². The van der Waals surface area contributed by atoms with Gasteiger partial charge in [-0.15, -0.1) is 6.58 Å². The van der Waals surface area contributed by atoms with Crippen molar-refractivity contribution < 1.29 is 0 Å². The molecule has 0 bridgehead atoms. The molecule has 0 radical (unpaired) electrons. The van der Waals surface area contributed by atoms with Gasteiger partial charge >= 0.3 is 0 Å². The smallest absolute Gasteiger partial charge is 0.0639 e. The summed E-state index contributed by atoms with van der Waals surface area (Å²) in [5, 5.41) is 0. The van der Waals surface area contributed by atoms with Crippen molar-refractivity contribution in [3.05, 3.63) is 125 Å².